The van der Waals surface area contributed by atoms with Gasteiger partial charge >= 0.3 is 0 Å². The SMILES string of the molecule is CCC1CCCC(N2C[C@@H]3CCCN[C@@H]3C2)C1. The molecule has 1 aliphatic carbocycles. The smallest absolute Gasteiger partial charge is 0.0235 e. The second-order valence-electron chi connectivity index (χ2n) is 6.51. The maximum absolute atomic E-state index is 3.73. The summed E-state index contributed by atoms with van der Waals surface area (Å²) >= 11 is 0. The molecule has 2 heteroatoms. The Morgan fingerprint density at radius 3 is 2.88 bits per heavy atom. The van der Waals surface area contributed by atoms with Gasteiger partial charge in [0.05, 0.1) is 0 Å². The molecule has 2 saturated heterocycles. The molecule has 2 heterocycles. The van der Waals surface area contributed by atoms with Crippen molar-refractivity contribution in [3.63, 3.8) is 0 Å². The predicted molar refractivity (Wildman–Crippen MR) is 72.1 cm³/mol. The number of hydrogen-bond donors (Lipinski definition) is 1. The molecular formula is C15H28N2. The third-order valence-corrected chi connectivity index (χ3v) is 5.48. The highest BCUT2D eigenvalue weighted by molar-refractivity contribution is 4.95. The van der Waals surface area contributed by atoms with E-state index in [-0.39, 0.29) is 0 Å². The van der Waals surface area contributed by atoms with Crippen LogP contribution in [0.1, 0.15) is 51.9 Å². The number of hydrogen-bond acceptors (Lipinski definition) is 2. The molecule has 1 saturated carbocycles. The quantitative estimate of drug-likeness (QED) is 0.793. The zero-order valence-electron chi connectivity index (χ0n) is 11.3. The van der Waals surface area contributed by atoms with Gasteiger partial charge in [-0.3, -0.25) is 4.90 Å². The van der Waals surface area contributed by atoms with Crippen molar-refractivity contribution in [1.82, 2.24) is 10.2 Å². The van der Waals surface area contributed by atoms with E-state index in [4.69, 9.17) is 0 Å². The van der Waals surface area contributed by atoms with E-state index in [1.54, 1.807) is 0 Å². The minimum absolute atomic E-state index is 0.825. The highest BCUT2D eigenvalue weighted by Crippen LogP contribution is 2.34. The van der Waals surface area contributed by atoms with E-state index in [2.05, 4.69) is 17.1 Å². The first kappa shape index (κ1) is 12.0. The highest BCUT2D eigenvalue weighted by atomic mass is 15.2. The molecule has 1 N–H and O–H groups in total. The standard InChI is InChI=1S/C15H28N2/c1-2-12-5-3-7-14(9-12)17-10-13-6-4-8-16-15(13)11-17/h12-16H,2-11H2,1H3/t12?,13-,14?,15+/m0/s1. The first-order valence-electron chi connectivity index (χ1n) is 7.84. The average Bonchev–Trinajstić information content (AvgIpc) is 2.82. The molecule has 0 spiro atoms. The van der Waals surface area contributed by atoms with E-state index < -0.39 is 0 Å². The van der Waals surface area contributed by atoms with Crippen LogP contribution in [0.2, 0.25) is 0 Å². The fraction of sp³-hybridized carbons (Fsp3) is 1.00. The molecule has 3 aliphatic rings. The zero-order chi connectivity index (χ0) is 11.7. The summed E-state index contributed by atoms with van der Waals surface area (Å²) in [5, 5.41) is 3.73. The van der Waals surface area contributed by atoms with Gasteiger partial charge in [-0.15, -0.1) is 0 Å². The predicted octanol–water partition coefficient (Wildman–Crippen LogP) is 2.64. The topological polar surface area (TPSA) is 15.3 Å². The lowest BCUT2D eigenvalue weighted by Gasteiger charge is -2.35. The Kier molecular flexibility index (Phi) is 3.72. The van der Waals surface area contributed by atoms with Gasteiger partial charge in [-0.2, -0.15) is 0 Å². The molecule has 98 valence electrons. The highest BCUT2D eigenvalue weighted by Gasteiger charge is 2.38. The van der Waals surface area contributed by atoms with Crippen molar-refractivity contribution in [2.75, 3.05) is 19.6 Å². The fourth-order valence-electron chi connectivity index (χ4n) is 4.34. The number of nitrogens with one attached hydrogen (secondary N) is 1. The van der Waals surface area contributed by atoms with Gasteiger partial charge in [0.25, 0.3) is 0 Å². The van der Waals surface area contributed by atoms with Crippen molar-refractivity contribution in [2.24, 2.45) is 11.8 Å². The van der Waals surface area contributed by atoms with E-state index in [9.17, 15) is 0 Å². The molecule has 2 unspecified atom stereocenters. The molecule has 4 atom stereocenters. The van der Waals surface area contributed by atoms with Gasteiger partial charge in [-0.05, 0) is 44.1 Å². The third-order valence-electron chi connectivity index (χ3n) is 5.48. The van der Waals surface area contributed by atoms with Crippen molar-refractivity contribution in [3.05, 3.63) is 0 Å². The molecule has 3 rings (SSSR count). The van der Waals surface area contributed by atoms with E-state index in [0.29, 0.717) is 0 Å². The molecule has 0 aromatic heterocycles. The van der Waals surface area contributed by atoms with Crippen LogP contribution in [-0.4, -0.2) is 36.6 Å². The molecule has 2 nitrogen and oxygen atoms in total. The van der Waals surface area contributed by atoms with Gasteiger partial charge in [0, 0.05) is 25.2 Å². The van der Waals surface area contributed by atoms with Gasteiger partial charge in [0.1, 0.15) is 0 Å². The van der Waals surface area contributed by atoms with E-state index in [1.165, 1.54) is 64.6 Å². The largest absolute Gasteiger partial charge is 0.312 e. The second kappa shape index (κ2) is 5.27. The Hall–Kier alpha value is -0.0800. The summed E-state index contributed by atoms with van der Waals surface area (Å²) in [7, 11) is 0. The Bertz CT molecular complexity index is 239. The number of rotatable bonds is 2. The van der Waals surface area contributed by atoms with Crippen LogP contribution in [0.25, 0.3) is 0 Å². The lowest BCUT2D eigenvalue weighted by Crippen LogP contribution is -2.42. The molecule has 3 fully saturated rings. The Morgan fingerprint density at radius 1 is 1.12 bits per heavy atom. The van der Waals surface area contributed by atoms with Crippen molar-refractivity contribution in [3.8, 4) is 0 Å². The Morgan fingerprint density at radius 2 is 2.06 bits per heavy atom. The summed E-state index contributed by atoms with van der Waals surface area (Å²) < 4.78 is 0. The first-order valence-corrected chi connectivity index (χ1v) is 7.84. The molecule has 0 amide bonds. The van der Waals surface area contributed by atoms with Crippen molar-refractivity contribution < 1.29 is 0 Å². The van der Waals surface area contributed by atoms with Gasteiger partial charge < -0.3 is 5.32 Å². The maximum atomic E-state index is 3.73. The van der Waals surface area contributed by atoms with Gasteiger partial charge in [0.15, 0.2) is 0 Å². The van der Waals surface area contributed by atoms with Gasteiger partial charge in [-0.25, -0.2) is 0 Å². The minimum Gasteiger partial charge on any atom is -0.312 e. The Balaban J connectivity index is 1.57. The average molecular weight is 236 g/mol. The molecule has 0 bridgehead atoms. The van der Waals surface area contributed by atoms with Crippen LogP contribution in [0.4, 0.5) is 0 Å². The summed E-state index contributed by atoms with van der Waals surface area (Å²) in [5.74, 6) is 1.98. The summed E-state index contributed by atoms with van der Waals surface area (Å²) in [4.78, 5) is 2.83. The van der Waals surface area contributed by atoms with Crippen LogP contribution in [-0.2, 0) is 0 Å². The molecular weight excluding hydrogens is 208 g/mol. The van der Waals surface area contributed by atoms with Crippen molar-refractivity contribution in [2.45, 2.75) is 64.0 Å². The van der Waals surface area contributed by atoms with E-state index in [0.717, 1.165) is 23.9 Å². The summed E-state index contributed by atoms with van der Waals surface area (Å²) in [6.07, 6.45) is 10.2. The van der Waals surface area contributed by atoms with Crippen LogP contribution in [0.5, 0.6) is 0 Å². The minimum atomic E-state index is 0.825. The van der Waals surface area contributed by atoms with Crippen LogP contribution in [0.15, 0.2) is 0 Å². The van der Waals surface area contributed by atoms with E-state index >= 15 is 0 Å². The third kappa shape index (κ3) is 2.53. The zero-order valence-corrected chi connectivity index (χ0v) is 11.3. The maximum Gasteiger partial charge on any atom is 0.0235 e. The fourth-order valence-corrected chi connectivity index (χ4v) is 4.34. The van der Waals surface area contributed by atoms with Crippen LogP contribution >= 0.6 is 0 Å². The van der Waals surface area contributed by atoms with Crippen LogP contribution in [0, 0.1) is 11.8 Å². The van der Waals surface area contributed by atoms with Gasteiger partial charge in [0.2, 0.25) is 0 Å². The number of likely N-dealkylation sites (tertiary alicyclic amines) is 1. The van der Waals surface area contributed by atoms with E-state index in [1.807, 2.05) is 0 Å². The molecule has 2 aliphatic heterocycles. The van der Waals surface area contributed by atoms with Crippen molar-refractivity contribution in [1.29, 1.82) is 0 Å². The van der Waals surface area contributed by atoms with Crippen LogP contribution < -0.4 is 5.32 Å². The summed E-state index contributed by atoms with van der Waals surface area (Å²) in [6.45, 7) is 6.36. The summed E-state index contributed by atoms with van der Waals surface area (Å²) in [5.41, 5.74) is 0. The summed E-state index contributed by atoms with van der Waals surface area (Å²) in [6, 6.07) is 1.74. The molecule has 17 heavy (non-hydrogen) atoms. The monoisotopic (exact) mass is 236 g/mol. The number of fused-ring (bicyclic) bond motifs is 1. The first-order chi connectivity index (χ1) is 8.36. The Labute approximate surface area is 106 Å². The normalized spacial score (nSPS) is 43.6. The second-order valence-corrected chi connectivity index (χ2v) is 6.51. The molecule has 0 aromatic rings. The number of piperidine rings is 1. The molecule has 0 aromatic carbocycles. The lowest BCUT2D eigenvalue weighted by molar-refractivity contribution is 0.149. The van der Waals surface area contributed by atoms with Gasteiger partial charge in [-0.1, -0.05) is 26.2 Å². The lowest BCUT2D eigenvalue weighted by atomic mass is 9.83. The van der Waals surface area contributed by atoms with Crippen molar-refractivity contribution >= 4 is 0 Å². The van der Waals surface area contributed by atoms with Crippen LogP contribution in [0.3, 0.4) is 0 Å². The number of nitrogens with zero attached hydrogens (tertiary/aromatic N) is 1. The molecule has 0 radical (unpaired) electrons.